The molecule has 3 aliphatic rings. The molecule has 1 saturated carbocycles. The summed E-state index contributed by atoms with van der Waals surface area (Å²) in [5, 5.41) is 10.3. The molecule has 5 rings (SSSR count). The van der Waals surface area contributed by atoms with Crippen molar-refractivity contribution < 1.29 is 29.0 Å². The van der Waals surface area contributed by atoms with Crippen molar-refractivity contribution in [1.82, 2.24) is 9.80 Å². The van der Waals surface area contributed by atoms with Crippen LogP contribution in [0.15, 0.2) is 55.1 Å². The number of carbonyl (C=O) groups is 4. The number of amides is 3. The Morgan fingerprint density at radius 2 is 1.68 bits per heavy atom. The van der Waals surface area contributed by atoms with E-state index in [0.29, 0.717) is 42.9 Å². The largest absolute Gasteiger partial charge is 0.458 e. The lowest BCUT2D eigenvalue weighted by Crippen LogP contribution is -2.60. The average molecular weight is 708 g/mol. The molecule has 11 nitrogen and oxygen atoms in total. The number of esters is 1. The highest BCUT2D eigenvalue weighted by Crippen LogP contribution is 2.34. The second-order valence-electron chi connectivity index (χ2n) is 14.3. The molecule has 50 heavy (non-hydrogen) atoms. The maximum atomic E-state index is 13.8. The molecule has 1 N–H and O–H groups in total. The minimum atomic E-state index is -1.04. The van der Waals surface area contributed by atoms with Gasteiger partial charge in [0.05, 0.1) is 24.0 Å². The van der Waals surface area contributed by atoms with E-state index in [1.54, 1.807) is 43.9 Å². The Labute approximate surface area is 300 Å². The number of piperazine rings is 2. The molecule has 2 aromatic rings. The number of aliphatic hydroxyl groups excluding tert-OH is 1. The van der Waals surface area contributed by atoms with Crippen molar-refractivity contribution in [2.75, 3.05) is 60.5 Å². The lowest BCUT2D eigenvalue weighted by Gasteiger charge is -2.41. The molecular weight excluding hydrogens is 658 g/mol. The summed E-state index contributed by atoms with van der Waals surface area (Å²) in [6.07, 6.45) is 5.03. The highest BCUT2D eigenvalue weighted by Gasteiger charge is 2.42. The van der Waals surface area contributed by atoms with Gasteiger partial charge in [0.25, 0.3) is 0 Å². The smallest absolute Gasteiger partial charge is 0.329 e. The molecule has 270 valence electrons. The molecule has 0 bridgehead atoms. The van der Waals surface area contributed by atoms with E-state index in [2.05, 4.69) is 11.5 Å². The molecule has 1 aliphatic carbocycles. The second-order valence-corrected chi connectivity index (χ2v) is 14.8. The van der Waals surface area contributed by atoms with Gasteiger partial charge in [-0.15, -0.1) is 6.58 Å². The molecule has 0 spiro atoms. The number of likely N-dealkylation sites (N-methyl/N-ethyl adjacent to an activating group) is 1. The maximum absolute atomic E-state index is 13.8. The number of hydrogen-bond acceptors (Lipinski definition) is 8. The van der Waals surface area contributed by atoms with Gasteiger partial charge in [0, 0.05) is 62.4 Å². The number of hydrogen-bond donors (Lipinski definition) is 1. The van der Waals surface area contributed by atoms with E-state index >= 15 is 0 Å². The summed E-state index contributed by atoms with van der Waals surface area (Å²) in [6, 6.07) is 12.0. The van der Waals surface area contributed by atoms with E-state index in [9.17, 15) is 24.3 Å². The van der Waals surface area contributed by atoms with Gasteiger partial charge in [-0.05, 0) is 89.3 Å². The molecule has 2 aromatic carbocycles. The lowest BCUT2D eigenvalue weighted by molar-refractivity contribution is -0.166. The summed E-state index contributed by atoms with van der Waals surface area (Å²) in [6.45, 7) is 14.3. The monoisotopic (exact) mass is 707 g/mol. The van der Waals surface area contributed by atoms with E-state index in [0.717, 1.165) is 49.2 Å². The standard InChI is InChI=1S/C38H50ClN5O6/c1-6-18-40(7-2)31-17-10-27(39)24-32(31)43-21-22-44(36(48)35(43)47)33(37(49)50-38(3,4)5)23-26-8-11-29(12-9-26)42-20-19-41(25-34(42)46)28-13-15-30(45)16-14-28/h6,8-12,17,24,28,30,33,45H,1,7,13-16,18-23,25H2,2-5H3/t28?,30?,33-/m0/s1. The molecule has 2 saturated heterocycles. The number of ether oxygens (including phenoxy) is 1. The van der Waals surface area contributed by atoms with Crippen LogP contribution in [0.1, 0.15) is 58.9 Å². The van der Waals surface area contributed by atoms with Gasteiger partial charge in [-0.2, -0.15) is 0 Å². The first-order valence-electron chi connectivity index (χ1n) is 17.6. The molecule has 2 heterocycles. The van der Waals surface area contributed by atoms with Crippen LogP contribution in [0.25, 0.3) is 0 Å². The van der Waals surface area contributed by atoms with Crippen LogP contribution < -0.4 is 14.7 Å². The Morgan fingerprint density at radius 1 is 1.00 bits per heavy atom. The first-order valence-corrected chi connectivity index (χ1v) is 18.0. The first kappa shape index (κ1) is 37.3. The van der Waals surface area contributed by atoms with Crippen LogP contribution in [0.2, 0.25) is 5.02 Å². The molecule has 3 fully saturated rings. The van der Waals surface area contributed by atoms with Gasteiger partial charge in [0.1, 0.15) is 11.6 Å². The Balaban J connectivity index is 1.32. The fourth-order valence-corrected chi connectivity index (χ4v) is 7.30. The number of anilines is 3. The zero-order chi connectivity index (χ0) is 36.2. The predicted octanol–water partition coefficient (Wildman–Crippen LogP) is 4.43. The summed E-state index contributed by atoms with van der Waals surface area (Å²) in [7, 11) is 0. The van der Waals surface area contributed by atoms with E-state index in [1.807, 2.05) is 42.2 Å². The fraction of sp³-hybridized carbons (Fsp3) is 0.526. The minimum absolute atomic E-state index is 0.0261. The number of carbonyl (C=O) groups excluding carboxylic acids is 4. The zero-order valence-electron chi connectivity index (χ0n) is 29.6. The molecule has 0 unspecified atom stereocenters. The Bertz CT molecular complexity index is 1570. The van der Waals surface area contributed by atoms with Crippen molar-refractivity contribution >= 4 is 52.4 Å². The Kier molecular flexibility index (Phi) is 11.9. The first-order chi connectivity index (χ1) is 23.8. The van der Waals surface area contributed by atoms with Crippen LogP contribution in [-0.4, -0.2) is 108 Å². The van der Waals surface area contributed by atoms with Crippen molar-refractivity contribution in [3.05, 3.63) is 65.7 Å². The van der Waals surface area contributed by atoms with Gasteiger partial charge in [-0.1, -0.05) is 29.8 Å². The molecule has 2 aliphatic heterocycles. The molecule has 0 radical (unpaired) electrons. The van der Waals surface area contributed by atoms with Gasteiger partial charge in [0.2, 0.25) is 5.91 Å². The van der Waals surface area contributed by atoms with E-state index in [4.69, 9.17) is 16.3 Å². The lowest BCUT2D eigenvalue weighted by atomic mass is 9.91. The third-order valence-electron chi connectivity index (χ3n) is 9.72. The van der Waals surface area contributed by atoms with Crippen LogP contribution in [0, 0.1) is 0 Å². The van der Waals surface area contributed by atoms with Gasteiger partial charge in [-0.3, -0.25) is 19.3 Å². The highest BCUT2D eigenvalue weighted by molar-refractivity contribution is 6.41. The van der Waals surface area contributed by atoms with Crippen molar-refractivity contribution in [3.63, 3.8) is 0 Å². The van der Waals surface area contributed by atoms with Gasteiger partial charge in [0.15, 0.2) is 0 Å². The topological polar surface area (TPSA) is 114 Å². The molecular formula is C38H50ClN5O6. The van der Waals surface area contributed by atoms with Crippen LogP contribution in [-0.2, 0) is 30.3 Å². The second kappa shape index (κ2) is 16.0. The maximum Gasteiger partial charge on any atom is 0.329 e. The number of halogens is 1. The zero-order valence-corrected chi connectivity index (χ0v) is 30.4. The highest BCUT2D eigenvalue weighted by atomic mass is 35.5. The van der Waals surface area contributed by atoms with Gasteiger partial charge in [-0.25, -0.2) is 4.79 Å². The normalized spacial score (nSPS) is 21.3. The number of benzene rings is 2. The third kappa shape index (κ3) is 8.68. The van der Waals surface area contributed by atoms with Crippen molar-refractivity contribution in [3.8, 4) is 0 Å². The molecule has 3 amide bonds. The summed E-state index contributed by atoms with van der Waals surface area (Å²) >= 11 is 6.36. The molecule has 0 aromatic heterocycles. The third-order valence-corrected chi connectivity index (χ3v) is 9.95. The predicted molar refractivity (Wildman–Crippen MR) is 196 cm³/mol. The van der Waals surface area contributed by atoms with Crippen molar-refractivity contribution in [1.29, 1.82) is 0 Å². The number of nitrogens with zero attached hydrogens (tertiary/aromatic N) is 5. The minimum Gasteiger partial charge on any atom is -0.458 e. The molecule has 1 atom stereocenters. The van der Waals surface area contributed by atoms with Crippen LogP contribution in [0.3, 0.4) is 0 Å². The van der Waals surface area contributed by atoms with Crippen molar-refractivity contribution in [2.45, 2.75) is 83.6 Å². The SMILES string of the molecule is C=CCN(CC)c1ccc(Cl)cc1N1CCN([C@@H](Cc2ccc(N3CCN(C4CCC(O)CC4)CC3=O)cc2)C(=O)OC(C)(C)C)C(=O)C1=O. The average Bonchev–Trinajstić information content (AvgIpc) is 3.07. The van der Waals surface area contributed by atoms with E-state index < -0.39 is 29.4 Å². The van der Waals surface area contributed by atoms with Crippen LogP contribution >= 0.6 is 11.6 Å². The van der Waals surface area contributed by atoms with Crippen molar-refractivity contribution in [2.24, 2.45) is 0 Å². The Morgan fingerprint density at radius 3 is 2.30 bits per heavy atom. The number of rotatable bonds is 11. The quantitative estimate of drug-likeness (QED) is 0.207. The fourth-order valence-electron chi connectivity index (χ4n) is 7.14. The van der Waals surface area contributed by atoms with Crippen LogP contribution in [0.5, 0.6) is 0 Å². The van der Waals surface area contributed by atoms with Gasteiger partial charge < -0.3 is 29.4 Å². The summed E-state index contributed by atoms with van der Waals surface area (Å²) in [5.41, 5.74) is 2.00. The van der Waals surface area contributed by atoms with Crippen LogP contribution in [0.4, 0.5) is 17.1 Å². The molecule has 12 heteroatoms. The van der Waals surface area contributed by atoms with Gasteiger partial charge >= 0.3 is 17.8 Å². The Hall–Kier alpha value is -3.93. The summed E-state index contributed by atoms with van der Waals surface area (Å²) < 4.78 is 5.76. The number of aliphatic hydroxyl groups is 1. The van der Waals surface area contributed by atoms with E-state index in [1.165, 1.54) is 9.80 Å². The summed E-state index contributed by atoms with van der Waals surface area (Å²) in [5.74, 6) is -2.11. The van der Waals surface area contributed by atoms with E-state index in [-0.39, 0.29) is 31.5 Å². The summed E-state index contributed by atoms with van der Waals surface area (Å²) in [4.78, 5) is 63.3.